The first-order valence-corrected chi connectivity index (χ1v) is 16.0. The number of carbonyl (C=O) groups excluding carboxylic acids is 3. The Morgan fingerprint density at radius 2 is 1.63 bits per heavy atom. The smallest absolute Gasteiger partial charge is 0.331 e. The van der Waals surface area contributed by atoms with Crippen LogP contribution in [-0.4, -0.2) is 61.6 Å². The largest absolute Gasteiger partial charge is 0.493 e. The molecule has 4 aromatic carbocycles. The fourth-order valence-corrected chi connectivity index (χ4v) is 5.65. The van der Waals surface area contributed by atoms with Crippen LogP contribution in [-0.2, 0) is 20.9 Å². The van der Waals surface area contributed by atoms with E-state index in [9.17, 15) is 18.8 Å². The quantitative estimate of drug-likeness (QED) is 0.104. The molecular formula is C38H34F2N4O7. The molecule has 1 unspecified atom stereocenters. The van der Waals surface area contributed by atoms with Gasteiger partial charge in [0.2, 0.25) is 11.8 Å². The van der Waals surface area contributed by atoms with E-state index in [2.05, 4.69) is 10.3 Å². The van der Waals surface area contributed by atoms with Gasteiger partial charge in [0.05, 0.1) is 32.0 Å². The fraction of sp³-hybridized carbons (Fsp3) is 0.211. The second kappa shape index (κ2) is 15.6. The Hall–Kier alpha value is -6.08. The molecule has 1 aromatic heterocycles. The maximum absolute atomic E-state index is 15.4. The normalized spacial score (nSPS) is 14.5. The van der Waals surface area contributed by atoms with E-state index in [0.717, 1.165) is 28.7 Å². The number of urea groups is 1. The zero-order valence-corrected chi connectivity index (χ0v) is 27.8. The van der Waals surface area contributed by atoms with Crippen LogP contribution in [0.25, 0.3) is 10.9 Å². The number of benzene rings is 4. The molecule has 1 aliphatic rings. The van der Waals surface area contributed by atoms with Crippen LogP contribution in [0.2, 0.25) is 0 Å². The number of hydrogen-bond donors (Lipinski definition) is 1. The van der Waals surface area contributed by atoms with Crippen LogP contribution in [0, 0.1) is 17.6 Å². The summed E-state index contributed by atoms with van der Waals surface area (Å²) in [5.74, 6) is -3.13. The molecule has 0 radical (unpaired) electrons. The van der Waals surface area contributed by atoms with Crippen molar-refractivity contribution in [2.75, 3.05) is 44.1 Å². The van der Waals surface area contributed by atoms with Crippen LogP contribution >= 0.6 is 0 Å². The van der Waals surface area contributed by atoms with Gasteiger partial charge in [0, 0.05) is 49.1 Å². The number of ether oxygens (including phenoxy) is 4. The lowest BCUT2D eigenvalue weighted by Gasteiger charge is -2.38. The van der Waals surface area contributed by atoms with E-state index in [-0.39, 0.29) is 30.2 Å². The summed E-state index contributed by atoms with van der Waals surface area (Å²) in [6.07, 6.45) is 1.94. The number of pyridine rings is 1. The maximum atomic E-state index is 15.4. The fourth-order valence-electron chi connectivity index (χ4n) is 5.65. The molecular weight excluding hydrogens is 662 g/mol. The van der Waals surface area contributed by atoms with Crippen molar-refractivity contribution in [3.63, 3.8) is 0 Å². The second-order valence-corrected chi connectivity index (χ2v) is 11.6. The van der Waals surface area contributed by atoms with Crippen LogP contribution in [0.1, 0.15) is 12.0 Å². The molecule has 5 aromatic rings. The van der Waals surface area contributed by atoms with Crippen LogP contribution in [0.4, 0.5) is 25.0 Å². The first kappa shape index (κ1) is 34.8. The summed E-state index contributed by atoms with van der Waals surface area (Å²) in [7, 11) is 3.00. The lowest BCUT2D eigenvalue weighted by molar-refractivity contribution is -0.132. The molecule has 1 saturated heterocycles. The number of imide groups is 1. The van der Waals surface area contributed by atoms with Crippen LogP contribution in [0.15, 0.2) is 97.2 Å². The number of rotatable bonds is 13. The van der Waals surface area contributed by atoms with Crippen molar-refractivity contribution in [1.29, 1.82) is 0 Å². The van der Waals surface area contributed by atoms with Gasteiger partial charge in [-0.2, -0.15) is 0 Å². The van der Waals surface area contributed by atoms with E-state index in [0.29, 0.717) is 47.8 Å². The number of aromatic nitrogens is 1. The first-order chi connectivity index (χ1) is 24.7. The minimum Gasteiger partial charge on any atom is -0.493 e. The van der Waals surface area contributed by atoms with Gasteiger partial charge < -0.3 is 29.2 Å². The molecule has 0 spiro atoms. The van der Waals surface area contributed by atoms with Crippen molar-refractivity contribution < 1.29 is 42.1 Å². The number of anilines is 2. The molecule has 2 heterocycles. The van der Waals surface area contributed by atoms with Gasteiger partial charge in [0.1, 0.15) is 17.5 Å². The summed E-state index contributed by atoms with van der Waals surface area (Å²) < 4.78 is 51.5. The van der Waals surface area contributed by atoms with Crippen molar-refractivity contribution >= 4 is 40.1 Å². The molecule has 51 heavy (non-hydrogen) atoms. The number of methoxy groups -OCH3 is 2. The molecule has 1 N–H and O–H groups in total. The summed E-state index contributed by atoms with van der Waals surface area (Å²) in [6, 6.07) is 22.6. The zero-order chi connectivity index (χ0) is 35.9. The lowest BCUT2D eigenvalue weighted by Crippen LogP contribution is -2.59. The van der Waals surface area contributed by atoms with Crippen molar-refractivity contribution in [3.8, 4) is 23.0 Å². The molecule has 262 valence electrons. The number of fused-ring (bicyclic) bond motifs is 1. The number of nitrogens with zero attached hydrogens (tertiary/aromatic N) is 3. The number of nitrogens with one attached hydrogen (secondary N) is 1. The Morgan fingerprint density at radius 1 is 0.882 bits per heavy atom. The predicted octanol–water partition coefficient (Wildman–Crippen LogP) is 6.95. The van der Waals surface area contributed by atoms with Crippen molar-refractivity contribution in [3.05, 3.63) is 114 Å². The molecule has 13 heteroatoms. The number of halogens is 2. The van der Waals surface area contributed by atoms with E-state index >= 15 is 4.39 Å². The molecule has 1 fully saturated rings. The van der Waals surface area contributed by atoms with Crippen molar-refractivity contribution in [2.45, 2.75) is 13.0 Å². The highest BCUT2D eigenvalue weighted by atomic mass is 19.1. The third-order valence-corrected chi connectivity index (χ3v) is 8.24. The lowest BCUT2D eigenvalue weighted by atomic mass is 10.0. The zero-order valence-electron chi connectivity index (χ0n) is 27.8. The van der Waals surface area contributed by atoms with E-state index in [1.165, 1.54) is 49.6 Å². The molecule has 11 nitrogen and oxygen atoms in total. The van der Waals surface area contributed by atoms with Gasteiger partial charge in [-0.1, -0.05) is 30.3 Å². The van der Waals surface area contributed by atoms with Crippen molar-refractivity contribution in [2.24, 2.45) is 5.92 Å². The topological polar surface area (TPSA) is 120 Å². The standard InChI is InChI=1S/C38H34F2N4O7/c1-48-34-20-28-31(21-35(34)49-2)41-16-15-32(28)51-33-14-11-26(19-30(33)40)42-36(45)29-22-43(17-6-18-50-23-24-7-4-3-5-8-24)38(47)44(37(29)46)27-12-9-25(39)10-13-27/h3-5,7-16,19-21,29H,6,17-18,22-23H2,1-2H3,(H,42,45). The van der Waals surface area contributed by atoms with Gasteiger partial charge >= 0.3 is 6.03 Å². The molecule has 1 aliphatic heterocycles. The summed E-state index contributed by atoms with van der Waals surface area (Å²) in [6.45, 7) is 0.687. The maximum Gasteiger partial charge on any atom is 0.331 e. The SMILES string of the molecule is COc1cc2nccc(Oc3ccc(NC(=O)C4CN(CCCOCc5ccccc5)C(=O)N(c5ccc(F)cc5)C4=O)cc3F)c2cc1OC. The van der Waals surface area contributed by atoms with Crippen molar-refractivity contribution in [1.82, 2.24) is 9.88 Å². The minimum absolute atomic E-state index is 0.0646. The van der Waals surface area contributed by atoms with E-state index in [4.69, 9.17) is 18.9 Å². The number of amides is 4. The van der Waals surface area contributed by atoms with Gasteiger partial charge in [-0.25, -0.2) is 18.5 Å². The summed E-state index contributed by atoms with van der Waals surface area (Å²) >= 11 is 0. The Balaban J connectivity index is 1.16. The highest BCUT2D eigenvalue weighted by Crippen LogP contribution is 2.37. The Labute approximate surface area is 292 Å². The highest BCUT2D eigenvalue weighted by molar-refractivity contribution is 6.23. The van der Waals surface area contributed by atoms with Gasteiger partial charge in [-0.05, 0) is 60.5 Å². The average Bonchev–Trinajstić information content (AvgIpc) is 3.14. The molecule has 0 saturated carbocycles. The van der Waals surface area contributed by atoms with E-state index in [1.54, 1.807) is 18.2 Å². The monoisotopic (exact) mass is 696 g/mol. The number of hydrogen-bond acceptors (Lipinski definition) is 8. The first-order valence-electron chi connectivity index (χ1n) is 16.0. The van der Waals surface area contributed by atoms with Gasteiger partial charge in [0.15, 0.2) is 23.1 Å². The van der Waals surface area contributed by atoms with Crippen LogP contribution in [0.5, 0.6) is 23.0 Å². The predicted molar refractivity (Wildman–Crippen MR) is 185 cm³/mol. The second-order valence-electron chi connectivity index (χ2n) is 11.6. The minimum atomic E-state index is -1.34. The molecule has 1 atom stereocenters. The van der Waals surface area contributed by atoms with E-state index < -0.39 is 35.4 Å². The Morgan fingerprint density at radius 3 is 2.35 bits per heavy atom. The molecule has 0 bridgehead atoms. The summed E-state index contributed by atoms with van der Waals surface area (Å²) in [5, 5.41) is 3.15. The van der Waals surface area contributed by atoms with Crippen LogP contribution < -0.4 is 24.4 Å². The third-order valence-electron chi connectivity index (χ3n) is 8.24. The van der Waals surface area contributed by atoms with Gasteiger partial charge in [-0.3, -0.25) is 14.6 Å². The molecule has 6 rings (SSSR count). The molecule has 4 amide bonds. The number of carbonyl (C=O) groups is 3. The third kappa shape index (κ3) is 7.89. The Kier molecular flexibility index (Phi) is 10.7. The van der Waals surface area contributed by atoms with Gasteiger partial charge in [0.25, 0.3) is 0 Å². The Bertz CT molecular complexity index is 2050. The highest BCUT2D eigenvalue weighted by Gasteiger charge is 2.43. The van der Waals surface area contributed by atoms with Gasteiger partial charge in [-0.15, -0.1) is 0 Å². The summed E-state index contributed by atoms with van der Waals surface area (Å²) in [4.78, 5) is 47.3. The molecule has 0 aliphatic carbocycles. The average molecular weight is 697 g/mol. The van der Waals surface area contributed by atoms with Crippen LogP contribution in [0.3, 0.4) is 0 Å². The summed E-state index contributed by atoms with van der Waals surface area (Å²) in [5.41, 5.74) is 1.71. The van der Waals surface area contributed by atoms with E-state index in [1.807, 2.05) is 30.3 Å².